The molecular weight excluding hydrogens is 244 g/mol. The molecule has 0 radical (unpaired) electrons. The van der Waals surface area contributed by atoms with Crippen molar-refractivity contribution in [3.05, 3.63) is 11.6 Å². The van der Waals surface area contributed by atoms with Crippen LogP contribution in [0, 0.1) is 5.92 Å². The van der Waals surface area contributed by atoms with Crippen LogP contribution in [0.15, 0.2) is 11.6 Å². The smallest absolute Gasteiger partial charge is 0.337 e. The van der Waals surface area contributed by atoms with Crippen molar-refractivity contribution in [2.45, 2.75) is 53.4 Å². The van der Waals surface area contributed by atoms with E-state index in [1.807, 2.05) is 27.7 Å². The van der Waals surface area contributed by atoms with Crippen LogP contribution < -0.4 is 0 Å². The molecule has 0 saturated heterocycles. The van der Waals surface area contributed by atoms with Crippen LogP contribution in [-0.4, -0.2) is 25.2 Å². The maximum Gasteiger partial charge on any atom is 0.337 e. The molecule has 4 nitrogen and oxygen atoms in total. The van der Waals surface area contributed by atoms with Crippen LogP contribution in [-0.2, 0) is 19.1 Å². The molecule has 0 aromatic rings. The second-order valence-electron chi connectivity index (χ2n) is 4.57. The van der Waals surface area contributed by atoms with Gasteiger partial charge in [0.25, 0.3) is 0 Å². The van der Waals surface area contributed by atoms with Gasteiger partial charge in [-0.25, -0.2) is 4.79 Å². The number of hydrogen-bond donors (Lipinski definition) is 0. The molecule has 0 saturated carbocycles. The van der Waals surface area contributed by atoms with Crippen molar-refractivity contribution in [1.29, 1.82) is 0 Å². The minimum atomic E-state index is -0.382. The number of rotatable bonds is 9. The van der Waals surface area contributed by atoms with Gasteiger partial charge >= 0.3 is 11.9 Å². The Bertz CT molecular complexity index is 307. The maximum absolute atomic E-state index is 11.8. The normalized spacial score (nSPS) is 12.9. The Morgan fingerprint density at radius 1 is 1.11 bits per heavy atom. The van der Waals surface area contributed by atoms with Gasteiger partial charge in [0.15, 0.2) is 0 Å². The van der Waals surface area contributed by atoms with Crippen molar-refractivity contribution in [1.82, 2.24) is 0 Å². The molecule has 4 heteroatoms. The van der Waals surface area contributed by atoms with E-state index in [0.29, 0.717) is 12.2 Å². The Morgan fingerprint density at radius 2 is 1.79 bits per heavy atom. The van der Waals surface area contributed by atoms with E-state index < -0.39 is 0 Å². The molecule has 1 atom stereocenters. The Hall–Kier alpha value is -1.32. The lowest BCUT2D eigenvalue weighted by molar-refractivity contribution is -0.148. The van der Waals surface area contributed by atoms with Gasteiger partial charge in [0, 0.05) is 0 Å². The summed E-state index contributed by atoms with van der Waals surface area (Å²) >= 11 is 0. The summed E-state index contributed by atoms with van der Waals surface area (Å²) < 4.78 is 10.2. The average Bonchev–Trinajstić information content (AvgIpc) is 2.43. The largest absolute Gasteiger partial charge is 0.462 e. The highest BCUT2D eigenvalue weighted by Crippen LogP contribution is 2.08. The molecule has 0 amide bonds. The second kappa shape index (κ2) is 10.6. The summed E-state index contributed by atoms with van der Waals surface area (Å²) in [5, 5.41) is 0. The Labute approximate surface area is 116 Å². The van der Waals surface area contributed by atoms with Gasteiger partial charge < -0.3 is 9.47 Å². The van der Waals surface area contributed by atoms with Gasteiger partial charge in [0.1, 0.15) is 6.61 Å². The monoisotopic (exact) mass is 270 g/mol. The Balaban J connectivity index is 4.44. The molecule has 0 aliphatic heterocycles. The summed E-state index contributed by atoms with van der Waals surface area (Å²) in [6, 6.07) is 0. The molecule has 0 heterocycles. The van der Waals surface area contributed by atoms with Gasteiger partial charge in [-0.05, 0) is 19.3 Å². The number of esters is 2. The van der Waals surface area contributed by atoms with E-state index in [4.69, 9.17) is 9.47 Å². The van der Waals surface area contributed by atoms with Crippen molar-refractivity contribution in [2.24, 2.45) is 5.92 Å². The van der Waals surface area contributed by atoms with Crippen molar-refractivity contribution in [2.75, 3.05) is 13.2 Å². The number of allylic oxidation sites excluding steroid dienone is 1. The second-order valence-corrected chi connectivity index (χ2v) is 4.57. The van der Waals surface area contributed by atoms with E-state index in [0.717, 1.165) is 25.7 Å². The molecule has 0 rings (SSSR count). The van der Waals surface area contributed by atoms with Crippen LogP contribution in [0.25, 0.3) is 0 Å². The number of unbranched alkanes of at least 4 members (excludes halogenated alkanes) is 1. The lowest BCUT2D eigenvalue weighted by atomic mass is 10.1. The summed E-state index contributed by atoms with van der Waals surface area (Å²) in [4.78, 5) is 23.4. The standard InChI is InChI=1S/C15H26O4/c1-5-8-9-13(15(17)18-10-6-2)11-19-14(16)12(4)7-3/h9,12H,5-8,10-11H2,1-4H3. The van der Waals surface area contributed by atoms with Crippen LogP contribution in [0.5, 0.6) is 0 Å². The zero-order valence-electron chi connectivity index (χ0n) is 12.5. The predicted molar refractivity (Wildman–Crippen MR) is 74.7 cm³/mol. The Morgan fingerprint density at radius 3 is 2.32 bits per heavy atom. The summed E-state index contributed by atoms with van der Waals surface area (Å²) in [5.74, 6) is -0.792. The Kier molecular flexibility index (Phi) is 9.85. The highest BCUT2D eigenvalue weighted by atomic mass is 16.5. The van der Waals surface area contributed by atoms with Crippen LogP contribution >= 0.6 is 0 Å². The topological polar surface area (TPSA) is 52.6 Å². The van der Waals surface area contributed by atoms with Gasteiger partial charge in [0.2, 0.25) is 0 Å². The van der Waals surface area contributed by atoms with Crippen LogP contribution in [0.4, 0.5) is 0 Å². The van der Waals surface area contributed by atoms with Crippen molar-refractivity contribution >= 4 is 11.9 Å². The first-order chi connectivity index (χ1) is 9.06. The molecule has 0 bridgehead atoms. The van der Waals surface area contributed by atoms with E-state index in [9.17, 15) is 9.59 Å². The van der Waals surface area contributed by atoms with Gasteiger partial charge in [-0.3, -0.25) is 4.79 Å². The third-order valence-corrected chi connectivity index (χ3v) is 2.76. The summed E-state index contributed by atoms with van der Waals surface area (Å²) in [7, 11) is 0. The molecule has 110 valence electrons. The fourth-order valence-corrected chi connectivity index (χ4v) is 1.27. The van der Waals surface area contributed by atoms with E-state index >= 15 is 0 Å². The van der Waals surface area contributed by atoms with Crippen LogP contribution in [0.3, 0.4) is 0 Å². The number of ether oxygens (including phenoxy) is 2. The van der Waals surface area contributed by atoms with E-state index in [2.05, 4.69) is 0 Å². The summed E-state index contributed by atoms with van der Waals surface area (Å²) in [5.41, 5.74) is 0.437. The highest BCUT2D eigenvalue weighted by Gasteiger charge is 2.16. The number of carbonyl (C=O) groups is 2. The van der Waals surface area contributed by atoms with Gasteiger partial charge in [-0.1, -0.05) is 40.2 Å². The molecule has 0 aliphatic carbocycles. The molecule has 19 heavy (non-hydrogen) atoms. The van der Waals surface area contributed by atoms with E-state index in [-0.39, 0.29) is 24.5 Å². The lowest BCUT2D eigenvalue weighted by Crippen LogP contribution is -2.19. The third-order valence-electron chi connectivity index (χ3n) is 2.76. The zero-order chi connectivity index (χ0) is 14.7. The first-order valence-corrected chi connectivity index (χ1v) is 7.09. The molecule has 1 unspecified atom stereocenters. The van der Waals surface area contributed by atoms with Crippen LogP contribution in [0.2, 0.25) is 0 Å². The fourth-order valence-electron chi connectivity index (χ4n) is 1.27. The number of hydrogen-bond acceptors (Lipinski definition) is 4. The fraction of sp³-hybridized carbons (Fsp3) is 0.733. The first-order valence-electron chi connectivity index (χ1n) is 7.09. The van der Waals surface area contributed by atoms with Crippen molar-refractivity contribution < 1.29 is 19.1 Å². The SMILES string of the molecule is CCCC=C(COC(=O)C(C)CC)C(=O)OCCC. The summed E-state index contributed by atoms with van der Waals surface area (Å²) in [6.45, 7) is 8.10. The van der Waals surface area contributed by atoms with Crippen molar-refractivity contribution in [3.8, 4) is 0 Å². The predicted octanol–water partition coefficient (Wildman–Crippen LogP) is 3.26. The first kappa shape index (κ1) is 17.7. The minimum Gasteiger partial charge on any atom is -0.462 e. The van der Waals surface area contributed by atoms with Crippen LogP contribution in [0.1, 0.15) is 53.4 Å². The average molecular weight is 270 g/mol. The molecule has 0 aliphatic rings. The molecule has 0 aromatic carbocycles. The van der Waals surface area contributed by atoms with Gasteiger partial charge in [-0.2, -0.15) is 0 Å². The van der Waals surface area contributed by atoms with Crippen molar-refractivity contribution in [3.63, 3.8) is 0 Å². The molecule has 0 spiro atoms. The zero-order valence-corrected chi connectivity index (χ0v) is 12.5. The highest BCUT2D eigenvalue weighted by molar-refractivity contribution is 5.89. The maximum atomic E-state index is 11.8. The molecular formula is C15H26O4. The number of carbonyl (C=O) groups excluding carboxylic acids is 2. The lowest BCUT2D eigenvalue weighted by Gasteiger charge is -2.11. The van der Waals surface area contributed by atoms with Gasteiger partial charge in [-0.15, -0.1) is 0 Å². The van der Waals surface area contributed by atoms with E-state index in [1.54, 1.807) is 6.08 Å². The minimum absolute atomic E-state index is 0.00568. The molecule has 0 N–H and O–H groups in total. The quantitative estimate of drug-likeness (QED) is 0.476. The molecule has 0 fully saturated rings. The molecule has 0 aromatic heterocycles. The van der Waals surface area contributed by atoms with Gasteiger partial charge in [0.05, 0.1) is 18.1 Å². The third kappa shape index (κ3) is 7.65. The summed E-state index contributed by atoms with van der Waals surface area (Å²) in [6.07, 6.45) is 5.01. The van der Waals surface area contributed by atoms with E-state index in [1.165, 1.54) is 0 Å².